The van der Waals surface area contributed by atoms with E-state index < -0.39 is 0 Å². The molecule has 2 aromatic heterocycles. The van der Waals surface area contributed by atoms with Gasteiger partial charge in [-0.1, -0.05) is 26.7 Å². The van der Waals surface area contributed by atoms with E-state index in [-0.39, 0.29) is 11.6 Å². The number of benzene rings is 2. The molecular formula is C32H42N2O8. The van der Waals surface area contributed by atoms with Crippen LogP contribution in [0.25, 0.3) is 21.9 Å². The first-order chi connectivity index (χ1) is 20.4. The Hall–Kier alpha value is -4.34. The largest absolute Gasteiger partial charge is 0.495 e. The maximum Gasteiger partial charge on any atom is 0.186 e. The van der Waals surface area contributed by atoms with E-state index in [2.05, 4.69) is 10.6 Å². The van der Waals surface area contributed by atoms with Crippen LogP contribution < -0.4 is 29.6 Å². The van der Waals surface area contributed by atoms with Crippen LogP contribution in [0.2, 0.25) is 0 Å². The molecule has 0 bridgehead atoms. The molecule has 10 heteroatoms. The highest BCUT2D eigenvalue weighted by atomic mass is 16.5. The van der Waals surface area contributed by atoms with Crippen molar-refractivity contribution < 1.29 is 37.4 Å². The van der Waals surface area contributed by atoms with Crippen molar-refractivity contribution in [3.05, 3.63) is 35.8 Å². The molecule has 42 heavy (non-hydrogen) atoms. The number of carbonyl (C=O) groups is 2. The van der Waals surface area contributed by atoms with Crippen LogP contribution in [0.4, 0.5) is 11.4 Å². The second-order valence-electron chi connectivity index (χ2n) is 9.34. The smallest absolute Gasteiger partial charge is 0.186 e. The number of Topliss-reactive ketones (excluding diaryl/α,β-unsaturated/α-hetero) is 2. The van der Waals surface area contributed by atoms with Gasteiger partial charge < -0.3 is 38.4 Å². The summed E-state index contributed by atoms with van der Waals surface area (Å²) in [5.74, 6) is 1.64. The molecule has 0 aliphatic carbocycles. The average molecular weight is 583 g/mol. The van der Waals surface area contributed by atoms with Crippen molar-refractivity contribution in [2.75, 3.05) is 52.2 Å². The first-order valence-electron chi connectivity index (χ1n) is 14.2. The molecule has 10 nitrogen and oxygen atoms in total. The summed E-state index contributed by atoms with van der Waals surface area (Å²) in [5.41, 5.74) is 3.09. The van der Waals surface area contributed by atoms with Crippen LogP contribution in [0.15, 0.2) is 33.5 Å². The molecule has 0 saturated heterocycles. The number of anilines is 2. The number of nitrogens with one attached hydrogen (secondary N) is 2. The van der Waals surface area contributed by atoms with Crippen molar-refractivity contribution in [2.45, 2.75) is 53.4 Å². The Morgan fingerprint density at radius 1 is 0.619 bits per heavy atom. The van der Waals surface area contributed by atoms with Gasteiger partial charge in [0.25, 0.3) is 0 Å². The third-order valence-corrected chi connectivity index (χ3v) is 6.87. The first kappa shape index (κ1) is 32.2. The van der Waals surface area contributed by atoms with Crippen molar-refractivity contribution in [1.82, 2.24) is 0 Å². The van der Waals surface area contributed by atoms with Crippen LogP contribution in [0, 0.1) is 0 Å². The number of furan rings is 2. The normalized spacial score (nSPS) is 10.7. The van der Waals surface area contributed by atoms with Crippen molar-refractivity contribution in [1.29, 1.82) is 0 Å². The fourth-order valence-electron chi connectivity index (χ4n) is 5.13. The zero-order valence-electron chi connectivity index (χ0n) is 25.8. The Bertz CT molecular complexity index is 1400. The molecular weight excluding hydrogens is 540 g/mol. The van der Waals surface area contributed by atoms with E-state index in [0.29, 0.717) is 80.5 Å². The summed E-state index contributed by atoms with van der Waals surface area (Å²) in [6.07, 6.45) is 6.73. The van der Waals surface area contributed by atoms with Crippen LogP contribution in [-0.4, -0.2) is 53.1 Å². The van der Waals surface area contributed by atoms with Crippen LogP contribution in [0.5, 0.6) is 23.0 Å². The van der Waals surface area contributed by atoms with E-state index in [1.807, 2.05) is 13.8 Å². The molecule has 0 atom stereocenters. The zero-order valence-corrected chi connectivity index (χ0v) is 25.8. The zero-order chi connectivity index (χ0) is 30.8. The van der Waals surface area contributed by atoms with Gasteiger partial charge in [0.15, 0.2) is 34.2 Å². The Balaban J connectivity index is 0.00000237. The van der Waals surface area contributed by atoms with Gasteiger partial charge in [-0.15, -0.1) is 0 Å². The molecule has 0 saturated carbocycles. The Labute approximate surface area is 246 Å². The number of hydrogen-bond acceptors (Lipinski definition) is 10. The summed E-state index contributed by atoms with van der Waals surface area (Å²) >= 11 is 0. The van der Waals surface area contributed by atoms with Crippen LogP contribution >= 0.6 is 0 Å². The average Bonchev–Trinajstić information content (AvgIpc) is 3.68. The van der Waals surface area contributed by atoms with E-state index in [0.717, 1.165) is 25.7 Å². The molecule has 4 aromatic rings. The van der Waals surface area contributed by atoms with Crippen molar-refractivity contribution >= 4 is 44.9 Å². The van der Waals surface area contributed by atoms with E-state index in [4.69, 9.17) is 27.8 Å². The standard InChI is InChI=1S/C30H36N2O8.C2H6/c1-17(33)21-23(29(37-5)27-19(11-15-39-27)25(21)35-3)31-13-9-7-8-10-14-32-24-22(18(2)34)26(36-4)20-12-16-40-28(20)30(24)38-6;1-2/h11-12,15-16,31-32H,7-10,13-14H2,1-6H3;1-2H3. The molecule has 0 unspecified atom stereocenters. The summed E-state index contributed by atoms with van der Waals surface area (Å²) in [6, 6.07) is 3.53. The number of methoxy groups -OCH3 is 4. The maximum absolute atomic E-state index is 12.6. The van der Waals surface area contributed by atoms with E-state index in [1.165, 1.54) is 28.1 Å². The summed E-state index contributed by atoms with van der Waals surface area (Å²) in [7, 11) is 6.18. The number of ketones is 2. The van der Waals surface area contributed by atoms with Gasteiger partial charge in [-0.3, -0.25) is 9.59 Å². The molecule has 2 aromatic carbocycles. The lowest BCUT2D eigenvalue weighted by Gasteiger charge is -2.18. The minimum atomic E-state index is -0.128. The fourth-order valence-corrected chi connectivity index (χ4v) is 5.13. The maximum atomic E-state index is 12.6. The number of carbonyl (C=O) groups excluding carboxylic acids is 2. The first-order valence-corrected chi connectivity index (χ1v) is 14.2. The number of hydrogen-bond donors (Lipinski definition) is 2. The lowest BCUT2D eigenvalue weighted by Crippen LogP contribution is -2.11. The minimum Gasteiger partial charge on any atom is -0.495 e. The second kappa shape index (κ2) is 15.0. The lowest BCUT2D eigenvalue weighted by atomic mass is 10.0. The molecule has 0 spiro atoms. The van der Waals surface area contributed by atoms with Gasteiger partial charge in [0.2, 0.25) is 0 Å². The second-order valence-corrected chi connectivity index (χ2v) is 9.34. The van der Waals surface area contributed by atoms with Crippen molar-refractivity contribution in [3.63, 3.8) is 0 Å². The van der Waals surface area contributed by atoms with Gasteiger partial charge in [-0.2, -0.15) is 0 Å². The van der Waals surface area contributed by atoms with Crippen LogP contribution in [0.3, 0.4) is 0 Å². The summed E-state index contributed by atoms with van der Waals surface area (Å²) in [6.45, 7) is 8.28. The molecule has 2 N–H and O–H groups in total. The number of rotatable bonds is 15. The Morgan fingerprint density at radius 3 is 1.29 bits per heavy atom. The number of ether oxygens (including phenoxy) is 4. The molecule has 0 aliphatic rings. The highest BCUT2D eigenvalue weighted by molar-refractivity contribution is 6.12. The lowest BCUT2D eigenvalue weighted by molar-refractivity contribution is 0.100. The van der Waals surface area contributed by atoms with Gasteiger partial charge in [0.05, 0.1) is 74.2 Å². The van der Waals surface area contributed by atoms with Gasteiger partial charge >= 0.3 is 0 Å². The third kappa shape index (κ3) is 6.27. The number of fused-ring (bicyclic) bond motifs is 2. The highest BCUT2D eigenvalue weighted by Crippen LogP contribution is 2.46. The Morgan fingerprint density at radius 2 is 0.976 bits per heavy atom. The van der Waals surface area contributed by atoms with Gasteiger partial charge in [-0.25, -0.2) is 0 Å². The predicted molar refractivity (Wildman–Crippen MR) is 165 cm³/mol. The SMILES string of the molecule is CC.COc1c(C(C)=O)c(NCCCCCCNc2c(C(C)=O)c(OC)c3ccoc3c2OC)c(OC)c2occc12. The van der Waals surface area contributed by atoms with Gasteiger partial charge in [0, 0.05) is 13.1 Å². The molecule has 2 heterocycles. The highest BCUT2D eigenvalue weighted by Gasteiger charge is 2.27. The number of unbranched alkanes of at least 4 members (excludes halogenated alkanes) is 3. The van der Waals surface area contributed by atoms with Gasteiger partial charge in [-0.05, 0) is 38.8 Å². The topological polar surface area (TPSA) is 121 Å². The minimum absolute atomic E-state index is 0.128. The van der Waals surface area contributed by atoms with Crippen molar-refractivity contribution in [2.24, 2.45) is 0 Å². The Kier molecular flexibility index (Phi) is 11.5. The third-order valence-electron chi connectivity index (χ3n) is 6.87. The van der Waals surface area contributed by atoms with E-state index in [1.54, 1.807) is 38.9 Å². The molecule has 0 amide bonds. The van der Waals surface area contributed by atoms with Crippen LogP contribution in [-0.2, 0) is 0 Å². The van der Waals surface area contributed by atoms with Gasteiger partial charge in [0.1, 0.15) is 11.5 Å². The van der Waals surface area contributed by atoms with E-state index in [9.17, 15) is 9.59 Å². The van der Waals surface area contributed by atoms with E-state index >= 15 is 0 Å². The van der Waals surface area contributed by atoms with Crippen LogP contribution in [0.1, 0.15) is 74.1 Å². The summed E-state index contributed by atoms with van der Waals surface area (Å²) in [4.78, 5) is 25.1. The monoisotopic (exact) mass is 582 g/mol. The molecule has 0 aliphatic heterocycles. The van der Waals surface area contributed by atoms with Crippen molar-refractivity contribution in [3.8, 4) is 23.0 Å². The molecule has 228 valence electrons. The predicted octanol–water partition coefficient (Wildman–Crippen LogP) is 7.73. The molecule has 0 fully saturated rings. The molecule has 4 rings (SSSR count). The molecule has 0 radical (unpaired) electrons. The summed E-state index contributed by atoms with van der Waals surface area (Å²) < 4.78 is 33.7. The quantitative estimate of drug-likeness (QED) is 0.106. The fraction of sp³-hybridized carbons (Fsp3) is 0.438. The summed E-state index contributed by atoms with van der Waals surface area (Å²) in [5, 5.41) is 8.12.